The quantitative estimate of drug-likeness (QED) is 0.182. The van der Waals surface area contributed by atoms with Crippen molar-refractivity contribution >= 4 is 32.8 Å². The van der Waals surface area contributed by atoms with Crippen LogP contribution in [0.4, 0.5) is 5.69 Å². The summed E-state index contributed by atoms with van der Waals surface area (Å²) in [5.74, 6) is 0.244. The minimum Gasteiger partial charge on any atom is -0.399 e. The van der Waals surface area contributed by atoms with Gasteiger partial charge in [0, 0.05) is 22.7 Å². The SMILES string of the molecule is Nc1ccc(-c2ccc(-c3cc(C4C=CC(c5cccc6ccccc56)=CC4)cc(-c4ccc(-c5cccc6ccccc56)cc4)n3)cc2)cc1. The van der Waals surface area contributed by atoms with Crippen molar-refractivity contribution in [2.75, 3.05) is 5.73 Å². The summed E-state index contributed by atoms with van der Waals surface area (Å²) in [6.07, 6.45) is 7.99. The first-order valence-corrected chi connectivity index (χ1v) is 17.6. The van der Waals surface area contributed by atoms with E-state index in [9.17, 15) is 0 Å². The van der Waals surface area contributed by atoms with Crippen molar-refractivity contribution in [3.8, 4) is 44.8 Å². The zero-order chi connectivity index (χ0) is 34.1. The van der Waals surface area contributed by atoms with Crippen LogP contribution in [-0.2, 0) is 0 Å². The van der Waals surface area contributed by atoms with Crippen molar-refractivity contribution in [2.24, 2.45) is 0 Å². The maximum atomic E-state index is 5.95. The predicted molar refractivity (Wildman–Crippen MR) is 216 cm³/mol. The summed E-state index contributed by atoms with van der Waals surface area (Å²) in [6.45, 7) is 0. The molecule has 0 saturated carbocycles. The first-order valence-electron chi connectivity index (χ1n) is 17.6. The molecule has 0 saturated heterocycles. The highest BCUT2D eigenvalue weighted by molar-refractivity contribution is 5.97. The van der Waals surface area contributed by atoms with Crippen molar-refractivity contribution in [2.45, 2.75) is 12.3 Å². The second-order valence-electron chi connectivity index (χ2n) is 13.4. The van der Waals surface area contributed by atoms with Gasteiger partial charge in [0.15, 0.2) is 0 Å². The van der Waals surface area contributed by atoms with E-state index >= 15 is 0 Å². The monoisotopic (exact) mass is 652 g/mol. The molecule has 51 heavy (non-hydrogen) atoms. The fourth-order valence-electron chi connectivity index (χ4n) is 7.41. The van der Waals surface area contributed by atoms with Crippen molar-refractivity contribution in [3.63, 3.8) is 0 Å². The number of allylic oxidation sites excluding steroid dienone is 4. The number of nitrogens with zero attached hydrogens (tertiary/aromatic N) is 1. The lowest BCUT2D eigenvalue weighted by molar-refractivity contribution is 0.855. The highest BCUT2D eigenvalue weighted by Crippen LogP contribution is 2.37. The van der Waals surface area contributed by atoms with Gasteiger partial charge in [-0.2, -0.15) is 0 Å². The number of anilines is 1. The van der Waals surface area contributed by atoms with Crippen LogP contribution in [0.5, 0.6) is 0 Å². The van der Waals surface area contributed by atoms with E-state index < -0.39 is 0 Å². The van der Waals surface area contributed by atoms with Crippen LogP contribution in [0.15, 0.2) is 188 Å². The maximum absolute atomic E-state index is 5.95. The third-order valence-corrected chi connectivity index (χ3v) is 10.2. The summed E-state index contributed by atoms with van der Waals surface area (Å²) in [4.78, 5) is 5.28. The lowest BCUT2D eigenvalue weighted by Gasteiger charge is -2.20. The Hall–Kier alpha value is -6.51. The molecule has 7 aromatic carbocycles. The summed E-state index contributed by atoms with van der Waals surface area (Å²) >= 11 is 0. The number of hydrogen-bond acceptors (Lipinski definition) is 2. The Labute approximate surface area is 298 Å². The van der Waals surface area contributed by atoms with Crippen LogP contribution < -0.4 is 5.73 Å². The first-order chi connectivity index (χ1) is 25.2. The first kappa shape index (κ1) is 30.5. The van der Waals surface area contributed by atoms with E-state index in [2.05, 4.69) is 176 Å². The Balaban J connectivity index is 1.08. The molecule has 1 unspecified atom stereocenters. The number of pyridine rings is 1. The number of hydrogen-bond donors (Lipinski definition) is 1. The lowest BCUT2D eigenvalue weighted by Crippen LogP contribution is -2.01. The zero-order valence-electron chi connectivity index (χ0n) is 28.2. The van der Waals surface area contributed by atoms with E-state index in [0.29, 0.717) is 0 Å². The molecule has 2 N–H and O–H groups in total. The third-order valence-electron chi connectivity index (χ3n) is 10.2. The van der Waals surface area contributed by atoms with Crippen LogP contribution in [-0.4, -0.2) is 4.98 Å². The molecule has 1 atom stereocenters. The molecule has 8 aromatic rings. The molecule has 0 bridgehead atoms. The predicted octanol–water partition coefficient (Wildman–Crippen LogP) is 12.8. The lowest BCUT2D eigenvalue weighted by atomic mass is 9.86. The molecule has 0 radical (unpaired) electrons. The van der Waals surface area contributed by atoms with Crippen LogP contribution >= 0.6 is 0 Å². The second-order valence-corrected chi connectivity index (χ2v) is 13.4. The molecule has 1 aromatic heterocycles. The largest absolute Gasteiger partial charge is 0.399 e. The minimum absolute atomic E-state index is 0.244. The standard InChI is InChI=1S/C49H36N2/c50-43-29-27-34(28-30-43)33-17-23-40(24-18-33)48-31-42(35-15-19-38(20-16-35)46-13-5-9-36-7-1-3-11-44(36)46)32-49(51-48)41-25-21-39(22-26-41)47-14-6-10-37-8-2-4-12-45(37)47/h1-15,17-32,35H,16,50H2. The molecule has 1 heterocycles. The summed E-state index contributed by atoms with van der Waals surface area (Å²) in [5, 5.41) is 5.07. The van der Waals surface area contributed by atoms with Crippen molar-refractivity contribution in [3.05, 3.63) is 199 Å². The summed E-state index contributed by atoms with van der Waals surface area (Å²) < 4.78 is 0. The van der Waals surface area contributed by atoms with Gasteiger partial charge >= 0.3 is 0 Å². The van der Waals surface area contributed by atoms with E-state index in [1.807, 2.05) is 12.1 Å². The van der Waals surface area contributed by atoms with E-state index in [1.54, 1.807) is 0 Å². The van der Waals surface area contributed by atoms with Gasteiger partial charge in [0.2, 0.25) is 0 Å². The fourth-order valence-corrected chi connectivity index (χ4v) is 7.41. The van der Waals surface area contributed by atoms with Crippen LogP contribution in [0, 0.1) is 0 Å². The molecule has 2 heteroatoms. The number of fused-ring (bicyclic) bond motifs is 2. The molecule has 0 aliphatic heterocycles. The Bertz CT molecular complexity index is 2580. The smallest absolute Gasteiger partial charge is 0.0712 e. The van der Waals surface area contributed by atoms with Gasteiger partial charge in [-0.15, -0.1) is 0 Å². The molecular weight excluding hydrogens is 617 g/mol. The molecule has 2 nitrogen and oxygen atoms in total. The average molecular weight is 653 g/mol. The molecule has 1 aliphatic rings. The Morgan fingerprint density at radius 3 is 1.55 bits per heavy atom. The highest BCUT2D eigenvalue weighted by atomic mass is 14.7. The summed E-state index contributed by atoms with van der Waals surface area (Å²) in [5.41, 5.74) is 19.4. The van der Waals surface area contributed by atoms with Gasteiger partial charge in [-0.25, -0.2) is 4.98 Å². The Morgan fingerprint density at radius 2 is 0.961 bits per heavy atom. The van der Waals surface area contributed by atoms with Crippen LogP contribution in [0.1, 0.15) is 23.5 Å². The third kappa shape index (κ3) is 6.02. The van der Waals surface area contributed by atoms with Gasteiger partial charge < -0.3 is 5.73 Å². The Kier molecular flexibility index (Phi) is 7.83. The van der Waals surface area contributed by atoms with Crippen molar-refractivity contribution in [1.82, 2.24) is 4.98 Å². The van der Waals surface area contributed by atoms with E-state index in [-0.39, 0.29) is 5.92 Å². The van der Waals surface area contributed by atoms with E-state index in [4.69, 9.17) is 10.7 Å². The van der Waals surface area contributed by atoms with Crippen molar-refractivity contribution < 1.29 is 0 Å². The number of rotatable bonds is 6. The second kappa shape index (κ2) is 13.1. The summed E-state index contributed by atoms with van der Waals surface area (Å²) in [7, 11) is 0. The fraction of sp³-hybridized carbons (Fsp3) is 0.0408. The molecule has 242 valence electrons. The molecule has 0 amide bonds. The van der Waals surface area contributed by atoms with Crippen LogP contribution in [0.3, 0.4) is 0 Å². The molecule has 9 rings (SSSR count). The Morgan fingerprint density at radius 1 is 0.471 bits per heavy atom. The average Bonchev–Trinajstić information content (AvgIpc) is 3.21. The van der Waals surface area contributed by atoms with Gasteiger partial charge in [-0.1, -0.05) is 164 Å². The van der Waals surface area contributed by atoms with Gasteiger partial charge in [0.25, 0.3) is 0 Å². The van der Waals surface area contributed by atoms with Gasteiger partial charge in [-0.3, -0.25) is 0 Å². The minimum atomic E-state index is 0.244. The van der Waals surface area contributed by atoms with Crippen LogP contribution in [0.2, 0.25) is 0 Å². The molecule has 0 spiro atoms. The van der Waals surface area contributed by atoms with Gasteiger partial charge in [0.1, 0.15) is 0 Å². The van der Waals surface area contributed by atoms with Gasteiger partial charge in [-0.05, 0) is 91.2 Å². The zero-order valence-corrected chi connectivity index (χ0v) is 28.2. The summed E-state index contributed by atoms with van der Waals surface area (Å²) in [6, 6.07) is 60.5. The molecule has 1 aliphatic carbocycles. The van der Waals surface area contributed by atoms with Crippen LogP contribution in [0.25, 0.3) is 71.9 Å². The number of aromatic nitrogens is 1. The number of benzene rings is 7. The van der Waals surface area contributed by atoms with Crippen molar-refractivity contribution in [1.29, 1.82) is 0 Å². The number of nitrogen functional groups attached to an aromatic ring is 1. The normalized spacial score (nSPS) is 14.1. The number of nitrogens with two attached hydrogens (primary N) is 1. The highest BCUT2D eigenvalue weighted by Gasteiger charge is 2.17. The van der Waals surface area contributed by atoms with E-state index in [0.717, 1.165) is 45.7 Å². The maximum Gasteiger partial charge on any atom is 0.0712 e. The van der Waals surface area contributed by atoms with Gasteiger partial charge in [0.05, 0.1) is 11.4 Å². The molecular formula is C49H36N2. The van der Waals surface area contributed by atoms with E-state index in [1.165, 1.54) is 49.4 Å². The molecule has 0 fully saturated rings. The topological polar surface area (TPSA) is 38.9 Å².